The molecule has 0 radical (unpaired) electrons. The third-order valence-electron chi connectivity index (χ3n) is 5.75. The highest BCUT2D eigenvalue weighted by Crippen LogP contribution is 2.29. The van der Waals surface area contributed by atoms with Gasteiger partial charge in [0, 0.05) is 13.0 Å². The van der Waals surface area contributed by atoms with Gasteiger partial charge in [-0.05, 0) is 56.5 Å². The number of unbranched alkanes of at least 4 members (excludes halogenated alkanes) is 1. The molecule has 32 heavy (non-hydrogen) atoms. The van der Waals surface area contributed by atoms with Crippen LogP contribution in [0.3, 0.4) is 0 Å². The van der Waals surface area contributed by atoms with E-state index in [0.29, 0.717) is 41.1 Å². The van der Waals surface area contributed by atoms with Crippen LogP contribution in [0.15, 0.2) is 47.3 Å². The second kappa shape index (κ2) is 10.4. The average Bonchev–Trinajstić information content (AvgIpc) is 2.80. The third-order valence-corrected chi connectivity index (χ3v) is 5.75. The van der Waals surface area contributed by atoms with Crippen molar-refractivity contribution in [3.05, 3.63) is 64.2 Å². The van der Waals surface area contributed by atoms with Crippen LogP contribution in [0.2, 0.25) is 0 Å². The highest BCUT2D eigenvalue weighted by atomic mass is 16.5. The number of benzene rings is 2. The summed E-state index contributed by atoms with van der Waals surface area (Å²) in [5.41, 5.74) is 2.09. The summed E-state index contributed by atoms with van der Waals surface area (Å²) in [5, 5.41) is 0.534. The molecule has 0 N–H and O–H groups in total. The van der Waals surface area contributed by atoms with Crippen molar-refractivity contribution in [2.75, 3.05) is 13.7 Å². The fraction of sp³-hybridized carbons (Fsp3) is 0.423. The number of aromatic nitrogens is 2. The van der Waals surface area contributed by atoms with E-state index in [1.807, 2.05) is 55.1 Å². The summed E-state index contributed by atoms with van der Waals surface area (Å²) in [4.78, 5) is 33.5. The molecule has 0 saturated heterocycles. The first-order valence-corrected chi connectivity index (χ1v) is 11.4. The second-order valence-electron chi connectivity index (χ2n) is 8.17. The van der Waals surface area contributed by atoms with Gasteiger partial charge in [-0.2, -0.15) is 0 Å². The lowest BCUT2D eigenvalue weighted by molar-refractivity contribution is -0.133. The maximum atomic E-state index is 13.7. The van der Waals surface area contributed by atoms with Crippen molar-refractivity contribution in [2.24, 2.45) is 0 Å². The summed E-state index contributed by atoms with van der Waals surface area (Å²) in [5.74, 6) is 1.21. The molecule has 6 heteroatoms. The highest BCUT2D eigenvalue weighted by Gasteiger charge is 2.27. The van der Waals surface area contributed by atoms with Gasteiger partial charge in [0.2, 0.25) is 5.91 Å². The number of amides is 1. The number of hydrogen-bond acceptors (Lipinski definition) is 4. The topological polar surface area (TPSA) is 64.4 Å². The molecule has 0 aliphatic heterocycles. The Kier molecular flexibility index (Phi) is 7.67. The van der Waals surface area contributed by atoms with Gasteiger partial charge >= 0.3 is 0 Å². The molecule has 170 valence electrons. The molecular formula is C26H33N3O3. The van der Waals surface area contributed by atoms with Crippen molar-refractivity contribution in [3.8, 4) is 11.4 Å². The minimum absolute atomic E-state index is 0.0892. The van der Waals surface area contributed by atoms with E-state index in [9.17, 15) is 9.59 Å². The molecule has 0 spiro atoms. The summed E-state index contributed by atoms with van der Waals surface area (Å²) < 4.78 is 7.22. The first-order chi connectivity index (χ1) is 15.4. The number of rotatable bonds is 9. The van der Waals surface area contributed by atoms with E-state index < -0.39 is 0 Å². The van der Waals surface area contributed by atoms with Crippen molar-refractivity contribution < 1.29 is 9.53 Å². The summed E-state index contributed by atoms with van der Waals surface area (Å²) in [7, 11) is 1.59. The lowest BCUT2D eigenvalue weighted by Crippen LogP contribution is -2.38. The van der Waals surface area contributed by atoms with Gasteiger partial charge in [0.1, 0.15) is 11.6 Å². The van der Waals surface area contributed by atoms with E-state index in [1.54, 1.807) is 17.7 Å². The lowest BCUT2D eigenvalue weighted by Gasteiger charge is -2.30. The predicted octanol–water partition coefficient (Wildman–Crippen LogP) is 5.19. The summed E-state index contributed by atoms with van der Waals surface area (Å²) in [6.07, 6.45) is 3.12. The molecular weight excluding hydrogens is 402 g/mol. The predicted molar refractivity (Wildman–Crippen MR) is 129 cm³/mol. The molecule has 0 aliphatic carbocycles. The van der Waals surface area contributed by atoms with Gasteiger partial charge in [0.15, 0.2) is 0 Å². The Labute approximate surface area is 189 Å². The van der Waals surface area contributed by atoms with Crippen LogP contribution in [-0.2, 0) is 4.79 Å². The Balaban J connectivity index is 2.28. The molecule has 0 aliphatic rings. The molecule has 1 heterocycles. The molecule has 3 aromatic rings. The van der Waals surface area contributed by atoms with Crippen LogP contribution in [0.1, 0.15) is 63.9 Å². The first kappa shape index (κ1) is 23.5. The number of carbonyl (C=O) groups excluding carboxylic acids is 1. The van der Waals surface area contributed by atoms with Crippen molar-refractivity contribution in [1.82, 2.24) is 14.5 Å². The zero-order valence-electron chi connectivity index (χ0n) is 19.7. The van der Waals surface area contributed by atoms with Crippen LogP contribution in [0.5, 0.6) is 5.75 Å². The van der Waals surface area contributed by atoms with Gasteiger partial charge in [0.05, 0.1) is 29.7 Å². The SMILES string of the molecule is CCCCC(=O)N(CCC)C(C)c1nc2ccccc2c(=O)n1-c1cc(C)ccc1OC. The highest BCUT2D eigenvalue weighted by molar-refractivity contribution is 5.79. The fourth-order valence-electron chi connectivity index (χ4n) is 4.02. The Morgan fingerprint density at radius 1 is 1.16 bits per heavy atom. The number of nitrogens with zero attached hydrogens (tertiary/aromatic N) is 3. The molecule has 2 aromatic carbocycles. The van der Waals surface area contributed by atoms with E-state index >= 15 is 0 Å². The first-order valence-electron chi connectivity index (χ1n) is 11.4. The minimum atomic E-state index is -0.373. The summed E-state index contributed by atoms with van der Waals surface area (Å²) >= 11 is 0. The van der Waals surface area contributed by atoms with E-state index in [2.05, 4.69) is 13.8 Å². The Morgan fingerprint density at radius 2 is 1.91 bits per heavy atom. The van der Waals surface area contributed by atoms with E-state index in [1.165, 1.54) is 0 Å². The Bertz CT molecular complexity index is 1150. The van der Waals surface area contributed by atoms with Gasteiger partial charge in [-0.25, -0.2) is 4.98 Å². The number of ether oxygens (including phenoxy) is 1. The van der Waals surface area contributed by atoms with Crippen molar-refractivity contribution in [1.29, 1.82) is 0 Å². The molecule has 1 atom stereocenters. The van der Waals surface area contributed by atoms with Gasteiger partial charge < -0.3 is 9.64 Å². The smallest absolute Gasteiger partial charge is 0.266 e. The van der Waals surface area contributed by atoms with Crippen LogP contribution < -0.4 is 10.3 Å². The monoisotopic (exact) mass is 435 g/mol. The number of hydrogen-bond donors (Lipinski definition) is 0. The van der Waals surface area contributed by atoms with Crippen molar-refractivity contribution in [3.63, 3.8) is 0 Å². The van der Waals surface area contributed by atoms with Crippen LogP contribution in [-0.4, -0.2) is 34.0 Å². The molecule has 1 unspecified atom stereocenters. The lowest BCUT2D eigenvalue weighted by atomic mass is 10.1. The third kappa shape index (κ3) is 4.69. The average molecular weight is 436 g/mol. The maximum Gasteiger partial charge on any atom is 0.266 e. The van der Waals surface area contributed by atoms with Crippen LogP contribution in [0, 0.1) is 6.92 Å². The Hall–Kier alpha value is -3.15. The van der Waals surface area contributed by atoms with Gasteiger partial charge in [-0.3, -0.25) is 14.2 Å². The van der Waals surface area contributed by atoms with Crippen molar-refractivity contribution in [2.45, 2.75) is 59.4 Å². The standard InChI is InChI=1S/C26H33N3O3/c1-6-8-13-24(30)28(16-7-2)19(4)25-27-21-12-10-9-11-20(21)26(31)29(25)22-17-18(3)14-15-23(22)32-5/h9-12,14-15,17,19H,6-8,13,16H2,1-5H3. The number of methoxy groups -OCH3 is 1. The van der Waals surface area contributed by atoms with Gasteiger partial charge in [-0.15, -0.1) is 0 Å². The minimum Gasteiger partial charge on any atom is -0.495 e. The van der Waals surface area contributed by atoms with E-state index in [0.717, 1.165) is 24.8 Å². The number of aryl methyl sites for hydroxylation is 1. The quantitative estimate of drug-likeness (QED) is 0.464. The molecule has 1 amide bonds. The summed E-state index contributed by atoms with van der Waals surface area (Å²) in [6.45, 7) is 8.67. The van der Waals surface area contributed by atoms with Gasteiger partial charge in [0.25, 0.3) is 5.56 Å². The zero-order valence-corrected chi connectivity index (χ0v) is 19.7. The van der Waals surface area contributed by atoms with E-state index in [-0.39, 0.29) is 17.5 Å². The van der Waals surface area contributed by atoms with E-state index in [4.69, 9.17) is 9.72 Å². The molecule has 0 fully saturated rings. The maximum absolute atomic E-state index is 13.7. The van der Waals surface area contributed by atoms with Gasteiger partial charge in [-0.1, -0.05) is 38.5 Å². The molecule has 1 aromatic heterocycles. The van der Waals surface area contributed by atoms with Crippen LogP contribution >= 0.6 is 0 Å². The largest absolute Gasteiger partial charge is 0.495 e. The number of carbonyl (C=O) groups is 1. The molecule has 6 nitrogen and oxygen atoms in total. The fourth-order valence-corrected chi connectivity index (χ4v) is 4.02. The zero-order chi connectivity index (χ0) is 23.3. The molecule has 3 rings (SSSR count). The van der Waals surface area contributed by atoms with Crippen molar-refractivity contribution >= 4 is 16.8 Å². The normalized spacial score (nSPS) is 12.0. The number of para-hydroxylation sites is 1. The van der Waals surface area contributed by atoms with Crippen LogP contribution in [0.25, 0.3) is 16.6 Å². The Morgan fingerprint density at radius 3 is 2.59 bits per heavy atom. The summed E-state index contributed by atoms with van der Waals surface area (Å²) in [6, 6.07) is 12.7. The molecule has 0 bridgehead atoms. The molecule has 0 saturated carbocycles. The second-order valence-corrected chi connectivity index (χ2v) is 8.17. The van der Waals surface area contributed by atoms with Crippen LogP contribution in [0.4, 0.5) is 0 Å². The number of fused-ring (bicyclic) bond motifs is 1.